The van der Waals surface area contributed by atoms with Crippen LogP contribution in [0.4, 0.5) is 0 Å². The maximum atomic E-state index is 9.93. The number of aliphatic hydroxyl groups is 2. The van der Waals surface area contributed by atoms with Gasteiger partial charge in [0, 0.05) is 5.33 Å². The fraction of sp³-hybridized carbons (Fsp3) is 0.364. The summed E-state index contributed by atoms with van der Waals surface area (Å²) in [7, 11) is 0. The second kappa shape index (κ2) is 5.23. The van der Waals surface area contributed by atoms with Gasteiger partial charge in [0.15, 0.2) is 0 Å². The summed E-state index contributed by atoms with van der Waals surface area (Å²) in [6.07, 6.45) is -1.03. The molecule has 2 unspecified atom stereocenters. The second-order valence-corrected chi connectivity index (χ2v) is 5.25. The molecule has 16 heavy (non-hydrogen) atoms. The maximum absolute atomic E-state index is 9.93. The number of halogens is 1. The first-order valence-electron chi connectivity index (χ1n) is 4.97. The summed E-state index contributed by atoms with van der Waals surface area (Å²) in [6.45, 7) is 0. The van der Waals surface area contributed by atoms with E-state index in [1.165, 1.54) is 11.3 Å². The minimum absolute atomic E-state index is 0.530. The maximum Gasteiger partial charge on any atom is 0.105 e. The average Bonchev–Trinajstić information content (AvgIpc) is 2.75. The van der Waals surface area contributed by atoms with Crippen molar-refractivity contribution in [1.29, 1.82) is 0 Å². The van der Waals surface area contributed by atoms with Gasteiger partial charge in [-0.15, -0.1) is 11.3 Å². The van der Waals surface area contributed by atoms with Crippen molar-refractivity contribution in [3.05, 3.63) is 29.3 Å². The lowest BCUT2D eigenvalue weighted by Gasteiger charge is -2.17. The van der Waals surface area contributed by atoms with E-state index in [0.29, 0.717) is 11.8 Å². The number of nitrogens with zero attached hydrogens (tertiary/aromatic N) is 1. The van der Waals surface area contributed by atoms with E-state index in [4.69, 9.17) is 0 Å². The first kappa shape index (κ1) is 12.0. The summed E-state index contributed by atoms with van der Waals surface area (Å²) in [4.78, 5) is 4.17. The summed E-state index contributed by atoms with van der Waals surface area (Å²) in [6, 6.07) is 5.56. The normalized spacial score (nSPS) is 15.2. The molecule has 0 aliphatic carbocycles. The highest BCUT2D eigenvalue weighted by Gasteiger charge is 2.18. The van der Waals surface area contributed by atoms with Gasteiger partial charge in [0.2, 0.25) is 0 Å². The Kier molecular flexibility index (Phi) is 3.91. The largest absolute Gasteiger partial charge is 0.390 e. The Labute approximate surface area is 106 Å². The zero-order chi connectivity index (χ0) is 11.5. The fourth-order valence-corrected chi connectivity index (χ4v) is 2.74. The molecule has 3 nitrogen and oxygen atoms in total. The molecular formula is C11H12BrNO2S. The molecule has 2 rings (SSSR count). The Hall–Kier alpha value is -0.490. The number of thiazole rings is 1. The van der Waals surface area contributed by atoms with Crippen LogP contribution in [-0.2, 0) is 0 Å². The Morgan fingerprint density at radius 1 is 1.38 bits per heavy atom. The fourth-order valence-electron chi connectivity index (χ4n) is 1.55. The van der Waals surface area contributed by atoms with Crippen LogP contribution in [-0.4, -0.2) is 26.6 Å². The topological polar surface area (TPSA) is 53.4 Å². The minimum atomic E-state index is -0.830. The van der Waals surface area contributed by atoms with Crippen molar-refractivity contribution in [2.75, 3.05) is 5.33 Å². The highest BCUT2D eigenvalue weighted by molar-refractivity contribution is 9.09. The molecule has 0 saturated carbocycles. The van der Waals surface area contributed by atoms with Crippen molar-refractivity contribution in [3.63, 3.8) is 0 Å². The molecule has 0 bridgehead atoms. The van der Waals surface area contributed by atoms with Crippen LogP contribution in [0.2, 0.25) is 0 Å². The smallest absolute Gasteiger partial charge is 0.105 e. The van der Waals surface area contributed by atoms with Gasteiger partial charge in [-0.2, -0.15) is 0 Å². The number of benzene rings is 1. The molecule has 5 heteroatoms. The molecule has 0 amide bonds. The number of alkyl halides is 1. The van der Waals surface area contributed by atoms with Gasteiger partial charge in [0.05, 0.1) is 21.8 Å². The quantitative estimate of drug-likeness (QED) is 0.853. The number of aromatic nitrogens is 1. The highest BCUT2D eigenvalue weighted by atomic mass is 79.9. The van der Waals surface area contributed by atoms with Crippen LogP contribution in [0.3, 0.4) is 0 Å². The van der Waals surface area contributed by atoms with Gasteiger partial charge >= 0.3 is 0 Å². The van der Waals surface area contributed by atoms with Crippen LogP contribution in [0, 0.1) is 0 Å². The third-order valence-electron chi connectivity index (χ3n) is 2.47. The molecule has 0 spiro atoms. The zero-order valence-electron chi connectivity index (χ0n) is 8.51. The molecule has 2 N–H and O–H groups in total. The minimum Gasteiger partial charge on any atom is -0.390 e. The molecule has 0 radical (unpaired) electrons. The lowest BCUT2D eigenvalue weighted by molar-refractivity contribution is 0.0174. The van der Waals surface area contributed by atoms with E-state index < -0.39 is 12.2 Å². The predicted molar refractivity (Wildman–Crippen MR) is 69.0 cm³/mol. The van der Waals surface area contributed by atoms with E-state index >= 15 is 0 Å². The van der Waals surface area contributed by atoms with E-state index in [0.717, 1.165) is 15.8 Å². The molecule has 86 valence electrons. The Morgan fingerprint density at radius 3 is 2.94 bits per heavy atom. The van der Waals surface area contributed by atoms with Crippen LogP contribution in [0.15, 0.2) is 23.7 Å². The van der Waals surface area contributed by atoms with Crippen LogP contribution in [0.5, 0.6) is 0 Å². The van der Waals surface area contributed by atoms with E-state index in [1.807, 2.05) is 18.2 Å². The molecule has 1 heterocycles. The molecule has 0 fully saturated rings. The second-order valence-electron chi connectivity index (χ2n) is 3.57. The van der Waals surface area contributed by atoms with Crippen molar-refractivity contribution in [3.8, 4) is 0 Å². The molecule has 0 aliphatic heterocycles. The Bertz CT molecular complexity index is 474. The van der Waals surface area contributed by atoms with Crippen molar-refractivity contribution >= 4 is 37.5 Å². The molecular weight excluding hydrogens is 290 g/mol. The van der Waals surface area contributed by atoms with Gasteiger partial charge in [-0.1, -0.05) is 22.0 Å². The monoisotopic (exact) mass is 301 g/mol. The van der Waals surface area contributed by atoms with Gasteiger partial charge in [0.1, 0.15) is 6.10 Å². The highest BCUT2D eigenvalue weighted by Crippen LogP contribution is 2.25. The van der Waals surface area contributed by atoms with Crippen molar-refractivity contribution in [2.45, 2.75) is 18.6 Å². The third kappa shape index (κ3) is 2.43. The van der Waals surface area contributed by atoms with Gasteiger partial charge < -0.3 is 10.2 Å². The van der Waals surface area contributed by atoms with Crippen molar-refractivity contribution in [2.24, 2.45) is 0 Å². The first-order valence-corrected chi connectivity index (χ1v) is 6.97. The van der Waals surface area contributed by atoms with Crippen molar-refractivity contribution < 1.29 is 10.2 Å². The molecule has 2 aromatic rings. The summed E-state index contributed by atoms with van der Waals surface area (Å²) in [5.74, 6) is 0. The zero-order valence-corrected chi connectivity index (χ0v) is 10.9. The van der Waals surface area contributed by atoms with Crippen LogP contribution < -0.4 is 0 Å². The molecule has 0 aliphatic rings. The van der Waals surface area contributed by atoms with Gasteiger partial charge in [-0.3, -0.25) is 0 Å². The Balaban J connectivity index is 2.24. The third-order valence-corrected chi connectivity index (χ3v) is 3.72. The number of rotatable bonds is 4. The van der Waals surface area contributed by atoms with Gasteiger partial charge in [0.25, 0.3) is 0 Å². The average molecular weight is 302 g/mol. The Morgan fingerprint density at radius 2 is 2.19 bits per heavy atom. The van der Waals surface area contributed by atoms with Crippen molar-refractivity contribution in [1.82, 2.24) is 4.98 Å². The summed E-state index contributed by atoms with van der Waals surface area (Å²) < 4.78 is 1.03. The molecule has 1 aromatic heterocycles. The van der Waals surface area contributed by atoms with Gasteiger partial charge in [-0.05, 0) is 24.1 Å². The predicted octanol–water partition coefficient (Wildman–Crippen LogP) is 2.48. The van der Waals surface area contributed by atoms with Crippen LogP contribution in [0.25, 0.3) is 10.2 Å². The lowest BCUT2D eigenvalue weighted by atomic mass is 10.0. The number of fused-ring (bicyclic) bond motifs is 1. The summed E-state index contributed by atoms with van der Waals surface area (Å²) >= 11 is 4.78. The van der Waals surface area contributed by atoms with E-state index in [-0.39, 0.29) is 0 Å². The summed E-state index contributed by atoms with van der Waals surface area (Å²) in [5.41, 5.74) is 3.44. The molecule has 2 atom stereocenters. The molecule has 1 aromatic carbocycles. The van der Waals surface area contributed by atoms with Gasteiger partial charge in [-0.25, -0.2) is 4.98 Å². The number of hydrogen-bond donors (Lipinski definition) is 2. The van der Waals surface area contributed by atoms with E-state index in [2.05, 4.69) is 20.9 Å². The standard InChI is InChI=1S/C11H12BrNO2S/c12-4-3-9(14)11(15)7-1-2-8-10(5-7)16-6-13-8/h1-2,5-6,9,11,14-15H,3-4H2. The molecule has 0 saturated heterocycles. The van der Waals surface area contributed by atoms with E-state index in [1.54, 1.807) is 5.51 Å². The number of hydrogen-bond acceptors (Lipinski definition) is 4. The first-order chi connectivity index (χ1) is 7.72. The van der Waals surface area contributed by atoms with Crippen LogP contribution >= 0.6 is 27.3 Å². The lowest BCUT2D eigenvalue weighted by Crippen LogP contribution is -2.18. The van der Waals surface area contributed by atoms with E-state index in [9.17, 15) is 10.2 Å². The SMILES string of the molecule is OC(CCBr)C(O)c1ccc2ncsc2c1. The van der Waals surface area contributed by atoms with Crippen LogP contribution in [0.1, 0.15) is 18.1 Å². The number of aliphatic hydroxyl groups excluding tert-OH is 2. The summed E-state index contributed by atoms with van der Waals surface area (Å²) in [5, 5.41) is 20.3.